The maximum atomic E-state index is 11.5. The number of hydrogen-bond donors (Lipinski definition) is 3. The number of anilines is 2. The molecular weight excluding hydrogens is 468 g/mol. The Kier molecular flexibility index (Phi) is 16.2. The third-order valence-corrected chi connectivity index (χ3v) is 5.76. The summed E-state index contributed by atoms with van der Waals surface area (Å²) in [5.74, 6) is 0. The lowest BCUT2D eigenvalue weighted by Gasteiger charge is -2.24. The van der Waals surface area contributed by atoms with Gasteiger partial charge in [-0.05, 0) is 45.3 Å². The van der Waals surface area contributed by atoms with Gasteiger partial charge in [0.15, 0.2) is 0 Å². The molecule has 0 radical (unpaired) electrons. The van der Waals surface area contributed by atoms with E-state index in [1.807, 2.05) is 27.7 Å². The van der Waals surface area contributed by atoms with Crippen LogP contribution in [0.4, 0.5) is 11.4 Å². The topological polar surface area (TPSA) is 96.7 Å². The SMILES string of the molecule is CCCN(CCC)CCOCCNc1cc(=O)c1=S.CCNc1c(C(C)(C)C)c(=O)c1=S.CN. The molecule has 34 heavy (non-hydrogen) atoms. The predicted octanol–water partition coefficient (Wildman–Crippen LogP) is 4.16. The molecule has 0 saturated heterocycles. The van der Waals surface area contributed by atoms with Crippen LogP contribution in [-0.2, 0) is 10.2 Å². The summed E-state index contributed by atoms with van der Waals surface area (Å²) in [6.45, 7) is 18.6. The average Bonchev–Trinajstić information content (AvgIpc) is 2.80. The minimum Gasteiger partial charge on any atom is -0.384 e. The van der Waals surface area contributed by atoms with Gasteiger partial charge in [-0.3, -0.25) is 9.59 Å². The predicted molar refractivity (Wildman–Crippen MR) is 151 cm³/mol. The lowest BCUT2D eigenvalue weighted by atomic mass is 9.83. The maximum Gasteiger partial charge on any atom is 0.204 e. The Bertz CT molecular complexity index is 962. The molecule has 0 unspecified atom stereocenters. The zero-order chi connectivity index (χ0) is 26.3. The van der Waals surface area contributed by atoms with E-state index in [-0.39, 0.29) is 16.3 Å². The first-order chi connectivity index (χ1) is 16.1. The fraction of sp³-hybridized carbons (Fsp3) is 0.680. The molecule has 0 saturated carbocycles. The summed E-state index contributed by atoms with van der Waals surface area (Å²) in [5.41, 5.74) is 6.90. The zero-order valence-corrected chi connectivity index (χ0v) is 23.6. The van der Waals surface area contributed by atoms with Crippen molar-refractivity contribution in [1.29, 1.82) is 0 Å². The number of hydrogen-bond acceptors (Lipinski definition) is 9. The molecule has 194 valence electrons. The van der Waals surface area contributed by atoms with Crippen LogP contribution in [-0.4, -0.2) is 57.9 Å². The lowest BCUT2D eigenvalue weighted by molar-refractivity contribution is 0.111. The molecule has 0 fully saturated rings. The van der Waals surface area contributed by atoms with Crippen molar-refractivity contribution in [1.82, 2.24) is 4.90 Å². The van der Waals surface area contributed by atoms with E-state index in [1.165, 1.54) is 26.0 Å². The summed E-state index contributed by atoms with van der Waals surface area (Å²) in [7, 11) is 1.50. The third-order valence-electron chi connectivity index (χ3n) is 4.95. The van der Waals surface area contributed by atoms with Crippen molar-refractivity contribution in [2.24, 2.45) is 5.73 Å². The molecular formula is C25H44N4O3S2. The van der Waals surface area contributed by atoms with Gasteiger partial charge in [-0.25, -0.2) is 0 Å². The number of nitrogens with one attached hydrogen (secondary N) is 2. The highest BCUT2D eigenvalue weighted by Gasteiger charge is 2.27. The van der Waals surface area contributed by atoms with Crippen LogP contribution in [0.25, 0.3) is 0 Å². The maximum absolute atomic E-state index is 11.5. The van der Waals surface area contributed by atoms with Crippen LogP contribution in [0.5, 0.6) is 0 Å². The van der Waals surface area contributed by atoms with E-state index in [0.29, 0.717) is 22.2 Å². The van der Waals surface area contributed by atoms with E-state index in [0.717, 1.165) is 49.7 Å². The second-order valence-electron chi connectivity index (χ2n) is 8.82. The molecule has 0 aliphatic carbocycles. The standard InChI is InChI=1S/C14H24N2O2S.C10H15NOS.CH5N/c1-3-6-16(7-4-2)8-10-18-9-5-15-12-11-13(17)14(12)19;1-5-11-7-6(10(2,3)4)8(12)9(7)13;1-2/h11,15H,3-10H2,1-2H3;11H,5H2,1-4H3;2H2,1H3. The molecule has 0 bridgehead atoms. The molecule has 0 spiro atoms. The van der Waals surface area contributed by atoms with E-state index in [9.17, 15) is 9.59 Å². The summed E-state index contributed by atoms with van der Waals surface area (Å²) in [4.78, 5) is 24.8. The summed E-state index contributed by atoms with van der Waals surface area (Å²) < 4.78 is 6.46. The first-order valence-corrected chi connectivity index (χ1v) is 12.9. The van der Waals surface area contributed by atoms with Gasteiger partial charge >= 0.3 is 0 Å². The normalized spacial score (nSPS) is 11.1. The molecule has 0 atom stereocenters. The fourth-order valence-corrected chi connectivity index (χ4v) is 3.89. The van der Waals surface area contributed by atoms with Crippen LogP contribution in [0.2, 0.25) is 0 Å². The molecule has 2 rings (SSSR count). The van der Waals surface area contributed by atoms with Gasteiger partial charge in [0.25, 0.3) is 0 Å². The average molecular weight is 513 g/mol. The van der Waals surface area contributed by atoms with E-state index in [2.05, 4.69) is 35.1 Å². The van der Waals surface area contributed by atoms with Gasteiger partial charge in [0.2, 0.25) is 10.9 Å². The number of nitrogens with zero attached hydrogens (tertiary/aromatic N) is 1. The van der Waals surface area contributed by atoms with E-state index in [1.54, 1.807) is 0 Å². The second kappa shape index (κ2) is 17.0. The summed E-state index contributed by atoms with van der Waals surface area (Å²) >= 11 is 9.86. The van der Waals surface area contributed by atoms with Crippen molar-refractivity contribution in [2.75, 3.05) is 63.6 Å². The zero-order valence-electron chi connectivity index (χ0n) is 22.0. The lowest BCUT2D eigenvalue weighted by Crippen LogP contribution is -2.30. The fourth-order valence-electron chi connectivity index (χ4n) is 3.42. The summed E-state index contributed by atoms with van der Waals surface area (Å²) in [6, 6.07) is 1.53. The van der Waals surface area contributed by atoms with Crippen molar-refractivity contribution < 1.29 is 4.74 Å². The molecule has 0 aliphatic heterocycles. The van der Waals surface area contributed by atoms with E-state index < -0.39 is 0 Å². The Morgan fingerprint density at radius 1 is 0.941 bits per heavy atom. The molecule has 9 heteroatoms. The largest absolute Gasteiger partial charge is 0.384 e. The van der Waals surface area contributed by atoms with Crippen molar-refractivity contribution >= 4 is 35.8 Å². The molecule has 7 nitrogen and oxygen atoms in total. The molecule has 2 aromatic carbocycles. The van der Waals surface area contributed by atoms with Crippen LogP contribution in [0.15, 0.2) is 15.7 Å². The van der Waals surface area contributed by atoms with Crippen LogP contribution in [0.1, 0.15) is 59.9 Å². The van der Waals surface area contributed by atoms with Crippen molar-refractivity contribution in [2.45, 2.75) is 59.8 Å². The van der Waals surface area contributed by atoms with Crippen LogP contribution < -0.4 is 27.2 Å². The first-order valence-electron chi connectivity index (χ1n) is 12.1. The van der Waals surface area contributed by atoms with E-state index in [4.69, 9.17) is 29.2 Å². The molecule has 0 heterocycles. The van der Waals surface area contributed by atoms with Gasteiger partial charge in [-0.15, -0.1) is 0 Å². The number of ether oxygens (including phenoxy) is 1. The molecule has 2 aromatic rings. The Morgan fingerprint density at radius 2 is 1.53 bits per heavy atom. The monoisotopic (exact) mass is 512 g/mol. The molecule has 0 amide bonds. The van der Waals surface area contributed by atoms with Crippen LogP contribution in [0, 0.1) is 9.02 Å². The minimum atomic E-state index is -0.100. The Labute approximate surface area is 215 Å². The highest BCUT2D eigenvalue weighted by atomic mass is 32.1. The van der Waals surface area contributed by atoms with Crippen molar-refractivity contribution in [3.63, 3.8) is 0 Å². The van der Waals surface area contributed by atoms with Gasteiger partial charge < -0.3 is 26.0 Å². The Balaban J connectivity index is 0.000000633. The summed E-state index contributed by atoms with van der Waals surface area (Å²) in [6.07, 6.45) is 2.36. The van der Waals surface area contributed by atoms with Gasteiger partial charge in [0, 0.05) is 31.3 Å². The van der Waals surface area contributed by atoms with Crippen molar-refractivity contribution in [3.8, 4) is 0 Å². The molecule has 4 N–H and O–H groups in total. The summed E-state index contributed by atoms with van der Waals surface area (Å²) in [5, 5.41) is 6.23. The van der Waals surface area contributed by atoms with Gasteiger partial charge in [0.1, 0.15) is 9.02 Å². The third kappa shape index (κ3) is 10.4. The molecule has 0 aromatic heterocycles. The number of rotatable bonds is 13. The van der Waals surface area contributed by atoms with Gasteiger partial charge in [-0.1, -0.05) is 59.1 Å². The minimum absolute atomic E-state index is 0.0402. The number of nitrogens with two attached hydrogens (primary N) is 1. The Morgan fingerprint density at radius 3 is 1.97 bits per heavy atom. The highest BCUT2D eigenvalue weighted by molar-refractivity contribution is 7.71. The smallest absolute Gasteiger partial charge is 0.204 e. The van der Waals surface area contributed by atoms with Gasteiger partial charge in [0.05, 0.1) is 24.6 Å². The first kappa shape index (κ1) is 32.5. The van der Waals surface area contributed by atoms with Crippen LogP contribution >= 0.6 is 24.4 Å². The quantitative estimate of drug-likeness (QED) is 0.270. The van der Waals surface area contributed by atoms with E-state index >= 15 is 0 Å². The second-order valence-corrected chi connectivity index (χ2v) is 9.64. The Hall–Kier alpha value is -1.52. The molecule has 0 aliphatic rings. The van der Waals surface area contributed by atoms with Gasteiger partial charge in [-0.2, -0.15) is 0 Å². The van der Waals surface area contributed by atoms with Crippen molar-refractivity contribution in [3.05, 3.63) is 41.1 Å². The highest BCUT2D eigenvalue weighted by Crippen LogP contribution is 2.29. The van der Waals surface area contributed by atoms with Crippen LogP contribution in [0.3, 0.4) is 0 Å².